The van der Waals surface area contributed by atoms with Crippen LogP contribution in [0.5, 0.6) is 0 Å². The van der Waals surface area contributed by atoms with Crippen molar-refractivity contribution < 1.29 is 23.9 Å². The van der Waals surface area contributed by atoms with Crippen molar-refractivity contribution in [1.82, 2.24) is 0 Å². The number of cyclic esters (lactones) is 1. The number of thiophene rings is 1. The van der Waals surface area contributed by atoms with E-state index in [4.69, 9.17) is 9.47 Å². The highest BCUT2D eigenvalue weighted by Crippen LogP contribution is 2.37. The molecule has 1 amide bonds. The van der Waals surface area contributed by atoms with Crippen molar-refractivity contribution in [3.63, 3.8) is 0 Å². The van der Waals surface area contributed by atoms with Gasteiger partial charge in [-0.05, 0) is 41.8 Å². The first-order chi connectivity index (χ1) is 17.5. The first-order valence-electron chi connectivity index (χ1n) is 11.6. The van der Waals surface area contributed by atoms with Gasteiger partial charge in [0.25, 0.3) is 5.91 Å². The summed E-state index contributed by atoms with van der Waals surface area (Å²) in [5.74, 6) is -1.28. The third-order valence-electron chi connectivity index (χ3n) is 6.00. The SMILES string of the molecule is CCOC(=O)c1c(-c2ccccc2)csc1NC(=O)c1ccc2c(c1)CC(c1ccccc1)OC2=O. The van der Waals surface area contributed by atoms with Crippen LogP contribution in [0.25, 0.3) is 11.1 Å². The summed E-state index contributed by atoms with van der Waals surface area (Å²) in [5.41, 5.74) is 4.37. The van der Waals surface area contributed by atoms with Gasteiger partial charge in [-0.2, -0.15) is 0 Å². The molecular weight excluding hydrogens is 474 g/mol. The van der Waals surface area contributed by atoms with Gasteiger partial charge < -0.3 is 14.8 Å². The molecule has 2 heterocycles. The van der Waals surface area contributed by atoms with Crippen molar-refractivity contribution in [2.75, 3.05) is 11.9 Å². The number of esters is 2. The number of carbonyl (C=O) groups is 3. The molecule has 1 atom stereocenters. The molecule has 3 aromatic carbocycles. The fraction of sp³-hybridized carbons (Fsp3) is 0.138. The first-order valence-corrected chi connectivity index (χ1v) is 12.5. The molecule has 1 aliphatic heterocycles. The summed E-state index contributed by atoms with van der Waals surface area (Å²) in [6.07, 6.45) is 0.0583. The molecule has 0 saturated carbocycles. The summed E-state index contributed by atoms with van der Waals surface area (Å²) in [5, 5.41) is 5.13. The molecule has 7 heteroatoms. The number of hydrogen-bond acceptors (Lipinski definition) is 6. The van der Waals surface area contributed by atoms with Crippen LogP contribution >= 0.6 is 11.3 Å². The van der Waals surface area contributed by atoms with E-state index in [1.54, 1.807) is 25.1 Å². The predicted molar refractivity (Wildman–Crippen MR) is 138 cm³/mol. The third kappa shape index (κ3) is 4.65. The molecule has 0 spiro atoms. The fourth-order valence-electron chi connectivity index (χ4n) is 4.25. The smallest absolute Gasteiger partial charge is 0.341 e. The number of benzene rings is 3. The van der Waals surface area contributed by atoms with Crippen molar-refractivity contribution in [1.29, 1.82) is 0 Å². The monoisotopic (exact) mass is 497 g/mol. The number of carbonyl (C=O) groups excluding carboxylic acids is 3. The van der Waals surface area contributed by atoms with Gasteiger partial charge in [0.2, 0.25) is 0 Å². The Labute approximate surface area is 212 Å². The van der Waals surface area contributed by atoms with Gasteiger partial charge >= 0.3 is 11.9 Å². The van der Waals surface area contributed by atoms with Crippen molar-refractivity contribution >= 4 is 34.2 Å². The number of fused-ring (bicyclic) bond motifs is 1. The lowest BCUT2D eigenvalue weighted by atomic mass is 9.93. The standard InChI is InChI=1S/C29H23NO5S/c1-2-34-29(33)25-23(18-9-5-3-6-10-18)17-36-27(25)30-26(31)20-13-14-22-21(15-20)16-24(35-28(22)32)19-11-7-4-8-12-19/h3-15,17,24H,2,16H2,1H3,(H,30,31). The third-order valence-corrected chi connectivity index (χ3v) is 6.89. The molecule has 1 N–H and O–H groups in total. The lowest BCUT2D eigenvalue weighted by Crippen LogP contribution is -2.23. The summed E-state index contributed by atoms with van der Waals surface area (Å²) in [4.78, 5) is 38.6. The van der Waals surface area contributed by atoms with Crippen LogP contribution in [0.4, 0.5) is 5.00 Å². The molecule has 0 fully saturated rings. The fourth-order valence-corrected chi connectivity index (χ4v) is 5.20. The summed E-state index contributed by atoms with van der Waals surface area (Å²) in [6, 6.07) is 23.9. The van der Waals surface area contributed by atoms with Crippen molar-refractivity contribution in [3.8, 4) is 11.1 Å². The van der Waals surface area contributed by atoms with Gasteiger partial charge in [-0.3, -0.25) is 4.79 Å². The zero-order valence-electron chi connectivity index (χ0n) is 19.5. The van der Waals surface area contributed by atoms with Gasteiger partial charge in [0.15, 0.2) is 0 Å². The zero-order valence-corrected chi connectivity index (χ0v) is 20.3. The average molecular weight is 498 g/mol. The van der Waals surface area contributed by atoms with Gasteiger partial charge in [-0.1, -0.05) is 60.7 Å². The van der Waals surface area contributed by atoms with Crippen LogP contribution in [-0.2, 0) is 15.9 Å². The van der Waals surface area contributed by atoms with Gasteiger partial charge in [-0.15, -0.1) is 11.3 Å². The topological polar surface area (TPSA) is 81.7 Å². The molecule has 1 aliphatic rings. The minimum Gasteiger partial charge on any atom is -0.462 e. The van der Waals surface area contributed by atoms with Crippen LogP contribution in [-0.4, -0.2) is 24.5 Å². The molecule has 36 heavy (non-hydrogen) atoms. The van der Waals surface area contributed by atoms with E-state index in [1.165, 1.54) is 11.3 Å². The van der Waals surface area contributed by atoms with Crippen molar-refractivity contribution in [2.45, 2.75) is 19.4 Å². The molecule has 180 valence electrons. The molecule has 1 unspecified atom stereocenters. The maximum Gasteiger partial charge on any atom is 0.341 e. The Bertz CT molecular complexity index is 1430. The molecule has 0 bridgehead atoms. The highest BCUT2D eigenvalue weighted by atomic mass is 32.1. The van der Waals surface area contributed by atoms with E-state index >= 15 is 0 Å². The van der Waals surface area contributed by atoms with E-state index in [-0.39, 0.29) is 12.5 Å². The number of anilines is 1. The van der Waals surface area contributed by atoms with Gasteiger partial charge in [0.05, 0.1) is 12.2 Å². The first kappa shape index (κ1) is 23.5. The van der Waals surface area contributed by atoms with Crippen molar-refractivity contribution in [3.05, 3.63) is 112 Å². The summed E-state index contributed by atoms with van der Waals surface area (Å²) in [6.45, 7) is 1.96. The quantitative estimate of drug-likeness (QED) is 0.316. The number of rotatable bonds is 6. The van der Waals surface area contributed by atoms with Crippen LogP contribution in [0.1, 0.15) is 55.2 Å². The van der Waals surface area contributed by atoms with Crippen LogP contribution in [0.2, 0.25) is 0 Å². The van der Waals surface area contributed by atoms with Gasteiger partial charge in [-0.25, -0.2) is 9.59 Å². The predicted octanol–water partition coefficient (Wildman–Crippen LogP) is 6.30. The van der Waals surface area contributed by atoms with E-state index in [1.807, 2.05) is 66.0 Å². The van der Waals surface area contributed by atoms with E-state index in [2.05, 4.69) is 5.32 Å². The van der Waals surface area contributed by atoms with Crippen LogP contribution in [0.3, 0.4) is 0 Å². The summed E-state index contributed by atoms with van der Waals surface area (Å²) < 4.78 is 10.9. The lowest BCUT2D eigenvalue weighted by Gasteiger charge is -2.25. The lowest BCUT2D eigenvalue weighted by molar-refractivity contribution is 0.0252. The Balaban J connectivity index is 1.43. The molecule has 0 saturated heterocycles. The Morgan fingerprint density at radius 1 is 1.00 bits per heavy atom. The average Bonchev–Trinajstić information content (AvgIpc) is 3.33. The maximum absolute atomic E-state index is 13.2. The van der Waals surface area contributed by atoms with E-state index in [9.17, 15) is 14.4 Å². The highest BCUT2D eigenvalue weighted by molar-refractivity contribution is 7.15. The molecule has 4 aromatic rings. The second-order valence-electron chi connectivity index (χ2n) is 8.27. The molecule has 0 radical (unpaired) electrons. The Morgan fingerprint density at radius 2 is 1.72 bits per heavy atom. The Kier molecular flexibility index (Phi) is 6.64. The van der Waals surface area contributed by atoms with Crippen LogP contribution in [0.15, 0.2) is 84.2 Å². The van der Waals surface area contributed by atoms with Crippen LogP contribution in [0, 0.1) is 0 Å². The second kappa shape index (κ2) is 10.2. The molecule has 0 aliphatic carbocycles. The summed E-state index contributed by atoms with van der Waals surface area (Å²) in [7, 11) is 0. The molecule has 5 rings (SSSR count). The van der Waals surface area contributed by atoms with E-state index in [0.29, 0.717) is 33.7 Å². The number of nitrogens with one attached hydrogen (secondary N) is 1. The maximum atomic E-state index is 13.2. The number of ether oxygens (including phenoxy) is 2. The van der Waals surface area contributed by atoms with Gasteiger partial charge in [0, 0.05) is 22.9 Å². The van der Waals surface area contributed by atoms with E-state index < -0.39 is 18.0 Å². The second-order valence-corrected chi connectivity index (χ2v) is 9.15. The molecule has 6 nitrogen and oxygen atoms in total. The number of hydrogen-bond donors (Lipinski definition) is 1. The van der Waals surface area contributed by atoms with Crippen LogP contribution < -0.4 is 5.32 Å². The van der Waals surface area contributed by atoms with Gasteiger partial charge in [0.1, 0.15) is 16.7 Å². The number of amides is 1. The van der Waals surface area contributed by atoms with Crippen molar-refractivity contribution in [2.24, 2.45) is 0 Å². The minimum atomic E-state index is -0.494. The minimum absolute atomic E-state index is 0.222. The normalized spacial score (nSPS) is 14.5. The molecule has 1 aromatic heterocycles. The Hall–Kier alpha value is -4.23. The zero-order chi connectivity index (χ0) is 25.1. The summed E-state index contributed by atoms with van der Waals surface area (Å²) >= 11 is 1.27. The Morgan fingerprint density at radius 3 is 2.44 bits per heavy atom. The highest BCUT2D eigenvalue weighted by Gasteiger charge is 2.29. The largest absolute Gasteiger partial charge is 0.462 e. The van der Waals surface area contributed by atoms with E-state index in [0.717, 1.165) is 16.7 Å². The molecular formula is C29H23NO5S.